The van der Waals surface area contributed by atoms with Gasteiger partial charge in [-0.15, -0.1) is 0 Å². The molecule has 3 nitrogen and oxygen atoms in total. The van der Waals surface area contributed by atoms with Gasteiger partial charge in [-0.1, -0.05) is 12.8 Å². The molecule has 3 heteroatoms. The van der Waals surface area contributed by atoms with E-state index in [9.17, 15) is 0 Å². The summed E-state index contributed by atoms with van der Waals surface area (Å²) in [4.78, 5) is 2.60. The number of hydrogen-bond donors (Lipinski definition) is 1. The molecule has 1 aliphatic rings. The van der Waals surface area contributed by atoms with Gasteiger partial charge in [-0.05, 0) is 45.8 Å². The van der Waals surface area contributed by atoms with Crippen LogP contribution in [0.5, 0.6) is 0 Å². The Morgan fingerprint density at radius 3 is 2.50 bits per heavy atom. The highest BCUT2D eigenvalue weighted by Gasteiger charge is 2.07. The van der Waals surface area contributed by atoms with Gasteiger partial charge in [0.25, 0.3) is 0 Å². The molecule has 16 heavy (non-hydrogen) atoms. The first-order valence-corrected chi connectivity index (χ1v) is 6.94. The van der Waals surface area contributed by atoms with Gasteiger partial charge in [-0.3, -0.25) is 0 Å². The lowest BCUT2D eigenvalue weighted by atomic mass is 10.2. The molecule has 1 rings (SSSR count). The zero-order valence-electron chi connectivity index (χ0n) is 10.8. The first kappa shape index (κ1) is 13.9. The van der Waals surface area contributed by atoms with E-state index in [-0.39, 0.29) is 0 Å². The standard InChI is InChI=1S/C13H28N2O/c1-2-16-13-7-8-14-9-12-15-10-5-3-4-6-11-15/h14H,2-13H2,1H3. The van der Waals surface area contributed by atoms with E-state index in [0.717, 1.165) is 32.7 Å². The lowest BCUT2D eigenvalue weighted by Gasteiger charge is -2.19. The summed E-state index contributed by atoms with van der Waals surface area (Å²) in [6.07, 6.45) is 6.78. The molecule has 0 bridgehead atoms. The number of likely N-dealkylation sites (tertiary alicyclic amines) is 1. The highest BCUT2D eigenvalue weighted by atomic mass is 16.5. The maximum atomic E-state index is 5.30. The third kappa shape index (κ3) is 7.20. The third-order valence-electron chi connectivity index (χ3n) is 3.15. The van der Waals surface area contributed by atoms with Crippen molar-refractivity contribution in [2.75, 3.05) is 45.9 Å². The van der Waals surface area contributed by atoms with E-state index >= 15 is 0 Å². The summed E-state index contributed by atoms with van der Waals surface area (Å²) < 4.78 is 5.30. The van der Waals surface area contributed by atoms with Gasteiger partial charge in [0.05, 0.1) is 0 Å². The average Bonchev–Trinajstić information content (AvgIpc) is 2.56. The van der Waals surface area contributed by atoms with E-state index < -0.39 is 0 Å². The Balaban J connectivity index is 1.86. The SMILES string of the molecule is CCOCCCNCCN1CCCCCC1. The first-order valence-electron chi connectivity index (χ1n) is 6.94. The van der Waals surface area contributed by atoms with Crippen LogP contribution < -0.4 is 5.32 Å². The number of hydrogen-bond acceptors (Lipinski definition) is 3. The van der Waals surface area contributed by atoms with Gasteiger partial charge in [0, 0.05) is 26.3 Å². The average molecular weight is 228 g/mol. The summed E-state index contributed by atoms with van der Waals surface area (Å²) in [5, 5.41) is 3.49. The lowest BCUT2D eigenvalue weighted by molar-refractivity contribution is 0.144. The number of nitrogens with one attached hydrogen (secondary N) is 1. The van der Waals surface area contributed by atoms with Crippen molar-refractivity contribution in [2.24, 2.45) is 0 Å². The summed E-state index contributed by atoms with van der Waals surface area (Å²) >= 11 is 0. The fourth-order valence-electron chi connectivity index (χ4n) is 2.17. The minimum Gasteiger partial charge on any atom is -0.382 e. The lowest BCUT2D eigenvalue weighted by Crippen LogP contribution is -2.33. The number of rotatable bonds is 8. The highest BCUT2D eigenvalue weighted by Crippen LogP contribution is 2.08. The quantitative estimate of drug-likeness (QED) is 0.642. The molecule has 1 N–H and O–H groups in total. The molecule has 0 atom stereocenters. The molecule has 0 aliphatic carbocycles. The predicted octanol–water partition coefficient (Wildman–Crippen LogP) is 1.88. The van der Waals surface area contributed by atoms with Gasteiger partial charge in [0.2, 0.25) is 0 Å². The second-order valence-electron chi connectivity index (χ2n) is 4.56. The largest absolute Gasteiger partial charge is 0.382 e. The maximum Gasteiger partial charge on any atom is 0.0477 e. The Labute approximate surface area is 101 Å². The van der Waals surface area contributed by atoms with E-state index in [4.69, 9.17) is 4.74 Å². The van der Waals surface area contributed by atoms with E-state index in [1.807, 2.05) is 6.92 Å². The predicted molar refractivity (Wildman–Crippen MR) is 68.9 cm³/mol. The molecule has 0 unspecified atom stereocenters. The van der Waals surface area contributed by atoms with Crippen LogP contribution in [0.2, 0.25) is 0 Å². The van der Waals surface area contributed by atoms with Crippen LogP contribution in [-0.4, -0.2) is 50.8 Å². The molecule has 0 amide bonds. The second-order valence-corrected chi connectivity index (χ2v) is 4.56. The molecular formula is C13H28N2O. The van der Waals surface area contributed by atoms with Crippen LogP contribution in [0.15, 0.2) is 0 Å². The van der Waals surface area contributed by atoms with Gasteiger partial charge in [0.15, 0.2) is 0 Å². The Kier molecular flexibility index (Phi) is 8.77. The van der Waals surface area contributed by atoms with Crippen molar-refractivity contribution < 1.29 is 4.74 Å². The molecule has 96 valence electrons. The molecule has 1 fully saturated rings. The summed E-state index contributed by atoms with van der Waals surface area (Å²) in [7, 11) is 0. The van der Waals surface area contributed by atoms with Crippen LogP contribution >= 0.6 is 0 Å². The zero-order valence-corrected chi connectivity index (χ0v) is 10.8. The van der Waals surface area contributed by atoms with E-state index in [0.29, 0.717) is 0 Å². The van der Waals surface area contributed by atoms with Crippen molar-refractivity contribution in [2.45, 2.75) is 39.0 Å². The molecule has 0 aromatic rings. The summed E-state index contributed by atoms with van der Waals surface area (Å²) in [5.41, 5.74) is 0. The fraction of sp³-hybridized carbons (Fsp3) is 1.00. The van der Waals surface area contributed by atoms with Gasteiger partial charge < -0.3 is 15.0 Å². The fourth-order valence-corrected chi connectivity index (χ4v) is 2.17. The summed E-state index contributed by atoms with van der Waals surface area (Å²) in [6, 6.07) is 0. The first-order chi connectivity index (χ1) is 7.93. The number of ether oxygens (including phenoxy) is 1. The van der Waals surface area contributed by atoms with E-state index in [1.165, 1.54) is 45.3 Å². The molecular weight excluding hydrogens is 200 g/mol. The third-order valence-corrected chi connectivity index (χ3v) is 3.15. The molecule has 0 spiro atoms. The Morgan fingerprint density at radius 1 is 1.06 bits per heavy atom. The number of nitrogens with zero attached hydrogens (tertiary/aromatic N) is 1. The highest BCUT2D eigenvalue weighted by molar-refractivity contribution is 4.64. The molecule has 1 saturated heterocycles. The molecule has 1 heterocycles. The van der Waals surface area contributed by atoms with Crippen molar-refractivity contribution in [3.8, 4) is 0 Å². The zero-order chi connectivity index (χ0) is 11.5. The van der Waals surface area contributed by atoms with Gasteiger partial charge in [-0.2, -0.15) is 0 Å². The van der Waals surface area contributed by atoms with Crippen molar-refractivity contribution in [3.05, 3.63) is 0 Å². The minimum atomic E-state index is 0.841. The monoisotopic (exact) mass is 228 g/mol. The van der Waals surface area contributed by atoms with Gasteiger partial charge in [0.1, 0.15) is 0 Å². The molecule has 0 aromatic heterocycles. The Morgan fingerprint density at radius 2 is 1.81 bits per heavy atom. The minimum absolute atomic E-state index is 0.841. The molecule has 0 aromatic carbocycles. The van der Waals surface area contributed by atoms with Crippen molar-refractivity contribution in [1.29, 1.82) is 0 Å². The van der Waals surface area contributed by atoms with E-state index in [2.05, 4.69) is 10.2 Å². The maximum absolute atomic E-state index is 5.30. The van der Waals surface area contributed by atoms with Crippen LogP contribution in [0, 0.1) is 0 Å². The smallest absolute Gasteiger partial charge is 0.0477 e. The molecule has 0 saturated carbocycles. The summed E-state index contributed by atoms with van der Waals surface area (Å²) in [5.74, 6) is 0. The van der Waals surface area contributed by atoms with E-state index in [1.54, 1.807) is 0 Å². The second kappa shape index (κ2) is 10.1. The van der Waals surface area contributed by atoms with Crippen LogP contribution in [0.4, 0.5) is 0 Å². The van der Waals surface area contributed by atoms with Crippen molar-refractivity contribution in [3.63, 3.8) is 0 Å². The van der Waals surface area contributed by atoms with Gasteiger partial charge >= 0.3 is 0 Å². The molecule has 0 radical (unpaired) electrons. The van der Waals surface area contributed by atoms with Crippen molar-refractivity contribution in [1.82, 2.24) is 10.2 Å². The van der Waals surface area contributed by atoms with Crippen molar-refractivity contribution >= 4 is 0 Å². The van der Waals surface area contributed by atoms with Crippen LogP contribution in [0.1, 0.15) is 39.0 Å². The molecule has 1 aliphatic heterocycles. The van der Waals surface area contributed by atoms with Crippen LogP contribution in [0.25, 0.3) is 0 Å². The Hall–Kier alpha value is -0.120. The topological polar surface area (TPSA) is 24.5 Å². The summed E-state index contributed by atoms with van der Waals surface area (Å²) in [6.45, 7) is 9.84. The van der Waals surface area contributed by atoms with Gasteiger partial charge in [-0.25, -0.2) is 0 Å². The Bertz CT molecular complexity index is 145. The normalized spacial score (nSPS) is 18.6. The van der Waals surface area contributed by atoms with Crippen LogP contribution in [0.3, 0.4) is 0 Å². The van der Waals surface area contributed by atoms with Crippen LogP contribution in [-0.2, 0) is 4.74 Å².